The molecule has 2 aromatic rings. The minimum absolute atomic E-state index is 0.149. The lowest BCUT2D eigenvalue weighted by Gasteiger charge is -2.10. The van der Waals surface area contributed by atoms with E-state index in [0.29, 0.717) is 18.1 Å². The fraction of sp³-hybridized carbons (Fsp3) is 0.480. The van der Waals surface area contributed by atoms with Crippen LogP contribution in [0, 0.1) is 5.92 Å². The van der Waals surface area contributed by atoms with E-state index in [0.717, 1.165) is 36.6 Å². The molecule has 0 aliphatic carbocycles. The van der Waals surface area contributed by atoms with Crippen molar-refractivity contribution < 1.29 is 14.3 Å². The molecule has 0 atom stereocenters. The second-order valence-corrected chi connectivity index (χ2v) is 7.80. The summed E-state index contributed by atoms with van der Waals surface area (Å²) < 4.78 is 11.5. The molecule has 4 nitrogen and oxygen atoms in total. The third kappa shape index (κ3) is 9.03. The summed E-state index contributed by atoms with van der Waals surface area (Å²) in [6.07, 6.45) is 7.10. The van der Waals surface area contributed by atoms with Crippen molar-refractivity contribution in [1.82, 2.24) is 0 Å². The quantitative estimate of drug-likeness (QED) is 0.382. The fourth-order valence-electron chi connectivity index (χ4n) is 2.87. The Morgan fingerprint density at radius 1 is 0.897 bits per heavy atom. The molecule has 0 heterocycles. The molecule has 0 unspecified atom stereocenters. The van der Waals surface area contributed by atoms with Crippen LogP contribution in [-0.4, -0.2) is 19.1 Å². The Balaban J connectivity index is 1.80. The second-order valence-electron chi connectivity index (χ2n) is 7.80. The average molecular weight is 398 g/mol. The molecule has 0 spiro atoms. The van der Waals surface area contributed by atoms with Gasteiger partial charge in [0.2, 0.25) is 0 Å². The van der Waals surface area contributed by atoms with Crippen LogP contribution in [-0.2, 0) is 0 Å². The highest BCUT2D eigenvalue weighted by molar-refractivity contribution is 6.04. The van der Waals surface area contributed by atoms with Gasteiger partial charge in [0.25, 0.3) is 5.91 Å². The molecule has 2 aromatic carbocycles. The van der Waals surface area contributed by atoms with Crippen LogP contribution in [0.4, 0.5) is 5.69 Å². The average Bonchev–Trinajstić information content (AvgIpc) is 2.72. The fourth-order valence-corrected chi connectivity index (χ4v) is 2.87. The Morgan fingerprint density at radius 3 is 2.34 bits per heavy atom. The maximum Gasteiger partial charge on any atom is 0.255 e. The van der Waals surface area contributed by atoms with E-state index < -0.39 is 0 Å². The number of unbranched alkanes of at least 4 members (excludes halogenated alkanes) is 4. The van der Waals surface area contributed by atoms with Crippen LogP contribution in [0.1, 0.15) is 69.7 Å². The Bertz CT molecular complexity index is 725. The van der Waals surface area contributed by atoms with Gasteiger partial charge in [0, 0.05) is 11.3 Å². The van der Waals surface area contributed by atoms with E-state index in [1.807, 2.05) is 36.4 Å². The molecule has 1 amide bonds. The van der Waals surface area contributed by atoms with Crippen molar-refractivity contribution in [2.75, 3.05) is 18.5 Å². The summed E-state index contributed by atoms with van der Waals surface area (Å²) in [6, 6.07) is 14.8. The van der Waals surface area contributed by atoms with Gasteiger partial charge in [-0.25, -0.2) is 0 Å². The summed E-state index contributed by atoms with van der Waals surface area (Å²) in [5, 5.41) is 2.93. The van der Waals surface area contributed by atoms with Crippen LogP contribution in [0.3, 0.4) is 0 Å². The summed E-state index contributed by atoms with van der Waals surface area (Å²) in [5.41, 5.74) is 1.33. The van der Waals surface area contributed by atoms with Gasteiger partial charge in [-0.2, -0.15) is 0 Å². The SMILES string of the molecule is CCCCCCCOc1ccc(NC(=O)c2cccc(OCCC(C)C)c2)cc1. The van der Waals surface area contributed by atoms with E-state index in [1.165, 1.54) is 25.7 Å². The van der Waals surface area contributed by atoms with Crippen molar-refractivity contribution in [3.63, 3.8) is 0 Å². The van der Waals surface area contributed by atoms with Crippen LogP contribution in [0.2, 0.25) is 0 Å². The summed E-state index contributed by atoms with van der Waals surface area (Å²) in [5.74, 6) is 2.00. The number of anilines is 1. The Hall–Kier alpha value is -2.49. The predicted octanol–water partition coefficient (Wildman–Crippen LogP) is 6.71. The minimum Gasteiger partial charge on any atom is -0.494 e. The topological polar surface area (TPSA) is 47.6 Å². The summed E-state index contributed by atoms with van der Waals surface area (Å²) in [7, 11) is 0. The van der Waals surface area contributed by atoms with Gasteiger partial charge < -0.3 is 14.8 Å². The monoisotopic (exact) mass is 397 g/mol. The number of rotatable bonds is 13. The lowest BCUT2D eigenvalue weighted by molar-refractivity contribution is 0.102. The Kier molecular flexibility index (Phi) is 10.1. The van der Waals surface area contributed by atoms with Crippen LogP contribution in [0.5, 0.6) is 11.5 Å². The molecule has 4 heteroatoms. The molecule has 0 aromatic heterocycles. The molecular formula is C25H35NO3. The zero-order chi connectivity index (χ0) is 20.9. The van der Waals surface area contributed by atoms with Crippen molar-refractivity contribution in [2.45, 2.75) is 59.3 Å². The van der Waals surface area contributed by atoms with Crippen LogP contribution in [0.15, 0.2) is 48.5 Å². The van der Waals surface area contributed by atoms with E-state index in [1.54, 1.807) is 12.1 Å². The first-order valence-corrected chi connectivity index (χ1v) is 10.9. The smallest absolute Gasteiger partial charge is 0.255 e. The number of carbonyl (C=O) groups excluding carboxylic acids is 1. The van der Waals surface area contributed by atoms with Crippen molar-refractivity contribution in [3.8, 4) is 11.5 Å². The second kappa shape index (κ2) is 12.9. The minimum atomic E-state index is -0.149. The summed E-state index contributed by atoms with van der Waals surface area (Å²) in [4.78, 5) is 12.5. The molecule has 0 bridgehead atoms. The van der Waals surface area contributed by atoms with Crippen molar-refractivity contribution in [2.24, 2.45) is 5.92 Å². The maximum absolute atomic E-state index is 12.5. The van der Waals surface area contributed by atoms with E-state index in [9.17, 15) is 4.79 Å². The van der Waals surface area contributed by atoms with Gasteiger partial charge >= 0.3 is 0 Å². The Morgan fingerprint density at radius 2 is 1.62 bits per heavy atom. The van der Waals surface area contributed by atoms with E-state index in [2.05, 4.69) is 26.1 Å². The van der Waals surface area contributed by atoms with E-state index >= 15 is 0 Å². The predicted molar refractivity (Wildman–Crippen MR) is 120 cm³/mol. The molecule has 0 radical (unpaired) electrons. The number of benzene rings is 2. The first-order valence-electron chi connectivity index (χ1n) is 10.9. The van der Waals surface area contributed by atoms with Gasteiger partial charge in [0.15, 0.2) is 0 Å². The molecule has 0 fully saturated rings. The summed E-state index contributed by atoms with van der Waals surface area (Å²) in [6.45, 7) is 7.94. The van der Waals surface area contributed by atoms with E-state index in [4.69, 9.17) is 9.47 Å². The molecule has 1 N–H and O–H groups in total. The van der Waals surface area contributed by atoms with Crippen LogP contribution in [0.25, 0.3) is 0 Å². The highest BCUT2D eigenvalue weighted by atomic mass is 16.5. The van der Waals surface area contributed by atoms with Gasteiger partial charge in [-0.1, -0.05) is 52.5 Å². The number of carbonyl (C=O) groups is 1. The van der Waals surface area contributed by atoms with Gasteiger partial charge in [-0.05, 0) is 61.2 Å². The van der Waals surface area contributed by atoms with Crippen molar-refractivity contribution >= 4 is 11.6 Å². The zero-order valence-electron chi connectivity index (χ0n) is 18.1. The highest BCUT2D eigenvalue weighted by Crippen LogP contribution is 2.19. The first-order chi connectivity index (χ1) is 14.1. The third-order valence-electron chi connectivity index (χ3n) is 4.69. The van der Waals surface area contributed by atoms with Crippen molar-refractivity contribution in [3.05, 3.63) is 54.1 Å². The highest BCUT2D eigenvalue weighted by Gasteiger charge is 2.08. The number of nitrogens with one attached hydrogen (secondary N) is 1. The molecule has 0 aliphatic rings. The molecule has 0 saturated heterocycles. The zero-order valence-corrected chi connectivity index (χ0v) is 18.1. The molecule has 2 rings (SSSR count). The van der Waals surface area contributed by atoms with E-state index in [-0.39, 0.29) is 5.91 Å². The first kappa shape index (κ1) is 22.8. The number of amides is 1. The molecule has 158 valence electrons. The van der Waals surface area contributed by atoms with Crippen molar-refractivity contribution in [1.29, 1.82) is 0 Å². The number of hydrogen-bond acceptors (Lipinski definition) is 3. The largest absolute Gasteiger partial charge is 0.494 e. The van der Waals surface area contributed by atoms with Gasteiger partial charge in [0.05, 0.1) is 13.2 Å². The summed E-state index contributed by atoms with van der Waals surface area (Å²) >= 11 is 0. The lowest BCUT2D eigenvalue weighted by Crippen LogP contribution is -2.12. The maximum atomic E-state index is 12.5. The van der Waals surface area contributed by atoms with Gasteiger partial charge in [0.1, 0.15) is 11.5 Å². The third-order valence-corrected chi connectivity index (χ3v) is 4.69. The molecule has 0 aliphatic heterocycles. The molecule has 0 saturated carbocycles. The van der Waals surface area contributed by atoms with Gasteiger partial charge in [-0.15, -0.1) is 0 Å². The Labute approximate surface area is 175 Å². The van der Waals surface area contributed by atoms with Crippen LogP contribution >= 0.6 is 0 Å². The number of hydrogen-bond donors (Lipinski definition) is 1. The normalized spacial score (nSPS) is 10.8. The van der Waals surface area contributed by atoms with Crippen LogP contribution < -0.4 is 14.8 Å². The standard InChI is InChI=1S/C25H35NO3/c1-4-5-6-7-8-17-28-23-14-12-22(13-15-23)26-25(27)21-10-9-11-24(19-21)29-18-16-20(2)3/h9-15,19-20H,4-8,16-18H2,1-3H3,(H,26,27). The molecule has 29 heavy (non-hydrogen) atoms. The molecular weight excluding hydrogens is 362 g/mol. The number of ether oxygens (including phenoxy) is 2. The van der Waals surface area contributed by atoms with Gasteiger partial charge in [-0.3, -0.25) is 4.79 Å². The lowest BCUT2D eigenvalue weighted by atomic mass is 10.1.